The number of hydrogen-bond acceptors (Lipinski definition) is 3. The molecular weight excluding hydrogens is 302 g/mol. The van der Waals surface area contributed by atoms with Crippen LogP contribution in [0.15, 0.2) is 41.3 Å². The van der Waals surface area contributed by atoms with E-state index >= 15 is 0 Å². The molecule has 3 heterocycles. The molecule has 0 radical (unpaired) electrons. The molecule has 1 fully saturated rings. The molecule has 0 bridgehead atoms. The molecule has 0 unspecified atom stereocenters. The van der Waals surface area contributed by atoms with Crippen LogP contribution in [0, 0.1) is 6.92 Å². The summed E-state index contributed by atoms with van der Waals surface area (Å²) < 4.78 is 9.68. The molecule has 3 aromatic rings. The standard InChI is InChI=1S/C19H21N3O2/c1-13-10-14(11-21(2)19(13)23)18-20-16-7-3-4-8-17(16)22(18)12-15-6-5-9-24-15/h3-4,7-8,10-11,15H,5-6,9,12H2,1-2H3/t15-/m0/s1. The number of pyridine rings is 1. The zero-order valence-corrected chi connectivity index (χ0v) is 14.0. The van der Waals surface area contributed by atoms with Crippen molar-refractivity contribution in [1.82, 2.24) is 14.1 Å². The maximum absolute atomic E-state index is 12.0. The van der Waals surface area contributed by atoms with E-state index in [1.807, 2.05) is 37.4 Å². The highest BCUT2D eigenvalue weighted by Crippen LogP contribution is 2.27. The van der Waals surface area contributed by atoms with E-state index in [4.69, 9.17) is 9.72 Å². The maximum atomic E-state index is 12.0. The average molecular weight is 323 g/mol. The highest BCUT2D eigenvalue weighted by atomic mass is 16.5. The van der Waals surface area contributed by atoms with Crippen LogP contribution < -0.4 is 5.56 Å². The Morgan fingerprint density at radius 1 is 1.33 bits per heavy atom. The number of para-hydroxylation sites is 2. The molecule has 0 amide bonds. The lowest BCUT2D eigenvalue weighted by Gasteiger charge is -2.15. The molecule has 5 heteroatoms. The van der Waals surface area contributed by atoms with E-state index in [0.717, 1.165) is 54.0 Å². The second-order valence-corrected chi connectivity index (χ2v) is 6.50. The lowest BCUT2D eigenvalue weighted by Crippen LogP contribution is -2.20. The SMILES string of the molecule is Cc1cc(-c2nc3ccccc3n2C[C@@H]2CCCO2)cn(C)c1=O. The van der Waals surface area contributed by atoms with Gasteiger partial charge in [-0.3, -0.25) is 4.79 Å². The van der Waals surface area contributed by atoms with Crippen LogP contribution in [-0.4, -0.2) is 26.8 Å². The van der Waals surface area contributed by atoms with Gasteiger partial charge in [0.2, 0.25) is 0 Å². The van der Waals surface area contributed by atoms with Gasteiger partial charge in [-0.1, -0.05) is 12.1 Å². The molecule has 1 aromatic carbocycles. The van der Waals surface area contributed by atoms with Crippen molar-refractivity contribution >= 4 is 11.0 Å². The van der Waals surface area contributed by atoms with Crippen LogP contribution in [-0.2, 0) is 18.3 Å². The summed E-state index contributed by atoms with van der Waals surface area (Å²) in [7, 11) is 1.78. The number of nitrogens with zero attached hydrogens (tertiary/aromatic N) is 3. The van der Waals surface area contributed by atoms with Gasteiger partial charge in [-0.2, -0.15) is 0 Å². The van der Waals surface area contributed by atoms with Crippen LogP contribution in [0.3, 0.4) is 0 Å². The van der Waals surface area contributed by atoms with Crippen molar-refractivity contribution in [3.05, 3.63) is 52.4 Å². The number of benzene rings is 1. The molecule has 0 spiro atoms. The topological polar surface area (TPSA) is 49.0 Å². The summed E-state index contributed by atoms with van der Waals surface area (Å²) in [5.74, 6) is 0.894. The summed E-state index contributed by atoms with van der Waals surface area (Å²) in [5.41, 5.74) is 3.79. The van der Waals surface area contributed by atoms with Crippen LogP contribution in [0.25, 0.3) is 22.4 Å². The van der Waals surface area contributed by atoms with E-state index in [2.05, 4.69) is 10.6 Å². The van der Waals surface area contributed by atoms with Gasteiger partial charge in [0, 0.05) is 31.0 Å². The number of hydrogen-bond donors (Lipinski definition) is 0. The number of fused-ring (bicyclic) bond motifs is 1. The first-order valence-corrected chi connectivity index (χ1v) is 8.38. The minimum atomic E-state index is 0.0283. The molecule has 5 nitrogen and oxygen atoms in total. The van der Waals surface area contributed by atoms with Crippen molar-refractivity contribution in [2.45, 2.75) is 32.4 Å². The predicted octanol–water partition coefficient (Wildman–Crippen LogP) is 2.89. The molecule has 2 aromatic heterocycles. The third-order valence-corrected chi connectivity index (χ3v) is 4.69. The van der Waals surface area contributed by atoms with Crippen molar-refractivity contribution in [1.29, 1.82) is 0 Å². The minimum Gasteiger partial charge on any atom is -0.376 e. The summed E-state index contributed by atoms with van der Waals surface area (Å²) in [6.07, 6.45) is 4.29. The third kappa shape index (κ3) is 2.55. The van der Waals surface area contributed by atoms with Gasteiger partial charge in [-0.25, -0.2) is 4.98 Å². The number of ether oxygens (including phenoxy) is 1. The Labute approximate surface area is 140 Å². The summed E-state index contributed by atoms with van der Waals surface area (Å²) >= 11 is 0. The van der Waals surface area contributed by atoms with E-state index < -0.39 is 0 Å². The molecule has 24 heavy (non-hydrogen) atoms. The first kappa shape index (κ1) is 15.1. The van der Waals surface area contributed by atoms with Gasteiger partial charge >= 0.3 is 0 Å². The third-order valence-electron chi connectivity index (χ3n) is 4.69. The Morgan fingerprint density at radius 2 is 2.17 bits per heavy atom. The van der Waals surface area contributed by atoms with E-state index in [1.165, 1.54) is 0 Å². The summed E-state index contributed by atoms with van der Waals surface area (Å²) in [6, 6.07) is 10.1. The molecule has 1 aliphatic rings. The fourth-order valence-corrected chi connectivity index (χ4v) is 3.47. The van der Waals surface area contributed by atoms with Crippen molar-refractivity contribution in [3.63, 3.8) is 0 Å². The van der Waals surface area contributed by atoms with E-state index in [-0.39, 0.29) is 11.7 Å². The summed E-state index contributed by atoms with van der Waals surface area (Å²) in [4.78, 5) is 16.8. The lowest BCUT2D eigenvalue weighted by molar-refractivity contribution is 0.0982. The Balaban J connectivity index is 1.89. The molecule has 1 atom stereocenters. The normalized spacial score (nSPS) is 17.7. The first-order valence-electron chi connectivity index (χ1n) is 8.38. The fourth-order valence-electron chi connectivity index (χ4n) is 3.47. The van der Waals surface area contributed by atoms with Gasteiger partial charge in [0.25, 0.3) is 5.56 Å². The van der Waals surface area contributed by atoms with Crippen molar-refractivity contribution in [2.75, 3.05) is 6.61 Å². The van der Waals surface area contributed by atoms with E-state index in [9.17, 15) is 4.79 Å². The number of imidazole rings is 1. The highest BCUT2D eigenvalue weighted by molar-refractivity contribution is 5.80. The van der Waals surface area contributed by atoms with Gasteiger partial charge in [0.15, 0.2) is 0 Å². The van der Waals surface area contributed by atoms with Crippen LogP contribution in [0.4, 0.5) is 0 Å². The molecular formula is C19H21N3O2. The number of aryl methyl sites for hydroxylation is 2. The molecule has 124 valence electrons. The molecule has 1 aliphatic heterocycles. The monoisotopic (exact) mass is 323 g/mol. The Hall–Kier alpha value is -2.40. The van der Waals surface area contributed by atoms with Crippen LogP contribution in [0.1, 0.15) is 18.4 Å². The van der Waals surface area contributed by atoms with Gasteiger partial charge in [-0.15, -0.1) is 0 Å². The van der Waals surface area contributed by atoms with Crippen LogP contribution >= 0.6 is 0 Å². The smallest absolute Gasteiger partial charge is 0.253 e. The van der Waals surface area contributed by atoms with Gasteiger partial charge in [0.05, 0.1) is 23.7 Å². The second-order valence-electron chi connectivity index (χ2n) is 6.50. The lowest BCUT2D eigenvalue weighted by atomic mass is 10.2. The van der Waals surface area contributed by atoms with E-state index in [1.54, 1.807) is 11.6 Å². The molecule has 0 saturated carbocycles. The molecule has 4 rings (SSSR count). The summed E-state index contributed by atoms with van der Waals surface area (Å²) in [5, 5.41) is 0. The average Bonchev–Trinajstić information content (AvgIpc) is 3.21. The van der Waals surface area contributed by atoms with Crippen molar-refractivity contribution < 1.29 is 4.74 Å². The fraction of sp³-hybridized carbons (Fsp3) is 0.368. The number of aromatic nitrogens is 3. The Morgan fingerprint density at radius 3 is 2.92 bits per heavy atom. The molecule has 0 aliphatic carbocycles. The van der Waals surface area contributed by atoms with Gasteiger partial charge in [-0.05, 0) is 38.0 Å². The molecule has 0 N–H and O–H groups in total. The maximum Gasteiger partial charge on any atom is 0.253 e. The zero-order valence-electron chi connectivity index (χ0n) is 14.0. The Kier molecular flexibility index (Phi) is 3.73. The van der Waals surface area contributed by atoms with E-state index in [0.29, 0.717) is 0 Å². The van der Waals surface area contributed by atoms with Crippen LogP contribution in [0.5, 0.6) is 0 Å². The highest BCUT2D eigenvalue weighted by Gasteiger charge is 2.20. The second kappa shape index (κ2) is 5.91. The Bertz CT molecular complexity index is 923. The first-order chi connectivity index (χ1) is 11.6. The predicted molar refractivity (Wildman–Crippen MR) is 94.1 cm³/mol. The van der Waals surface area contributed by atoms with Crippen molar-refractivity contribution in [3.8, 4) is 11.4 Å². The van der Waals surface area contributed by atoms with Gasteiger partial charge in [0.1, 0.15) is 5.82 Å². The minimum absolute atomic E-state index is 0.0283. The molecule has 1 saturated heterocycles. The van der Waals surface area contributed by atoms with Gasteiger partial charge < -0.3 is 13.9 Å². The largest absolute Gasteiger partial charge is 0.376 e. The number of rotatable bonds is 3. The zero-order chi connectivity index (χ0) is 16.7. The van der Waals surface area contributed by atoms with Crippen molar-refractivity contribution in [2.24, 2.45) is 7.05 Å². The quantitative estimate of drug-likeness (QED) is 0.745. The summed E-state index contributed by atoms with van der Waals surface area (Å²) in [6.45, 7) is 3.47. The van der Waals surface area contributed by atoms with Crippen LogP contribution in [0.2, 0.25) is 0 Å².